The number of hydrogen-bond acceptors (Lipinski definition) is 6. The average Bonchev–Trinajstić information content (AvgIpc) is 4.23. The van der Waals surface area contributed by atoms with Gasteiger partial charge in [-0.1, -0.05) is 36.4 Å². The number of para-hydroxylation sites is 6. The number of aromatic amines is 6. The van der Waals surface area contributed by atoms with Crippen LogP contribution in [-0.4, -0.2) is 59.8 Å². The molecule has 69 heavy (non-hydrogen) atoms. The van der Waals surface area contributed by atoms with E-state index in [4.69, 9.17) is 29.9 Å². The highest BCUT2D eigenvalue weighted by Crippen LogP contribution is 2.42. The molecule has 1 aliphatic heterocycles. The standard InChI is InChI=1S/C57H48N12/c1-55(2)43-25-19-37(58-43)49-51(66-33-15-9-7-13-31(33)64-49)39-21-27-45(60-39)56(3,4)47-29-23-41(62-47)53-54(69-36-18-12-11-17-35(36)68-53)42-24-30-48(63-42)57(5,6)46-28-22-40(61-46)52-50(38-20-26-44(55)59-38)65-32-14-8-10-16-34(32)67-52/h7-30,58-63H,1-6H3. The second-order valence-corrected chi connectivity index (χ2v) is 19.8. The van der Waals surface area contributed by atoms with Gasteiger partial charge in [0.05, 0.1) is 67.3 Å². The first kappa shape index (κ1) is 40.6. The number of aromatic nitrogens is 12. The summed E-state index contributed by atoms with van der Waals surface area (Å²) in [5.41, 5.74) is 19.4. The fourth-order valence-electron chi connectivity index (χ4n) is 9.95. The van der Waals surface area contributed by atoms with Crippen molar-refractivity contribution in [2.75, 3.05) is 0 Å². The summed E-state index contributed by atoms with van der Waals surface area (Å²) in [5.74, 6) is 0. The number of hydrogen-bond donors (Lipinski definition) is 6. The van der Waals surface area contributed by atoms with Crippen LogP contribution in [0.5, 0.6) is 0 Å². The Balaban J connectivity index is 1.02. The smallest absolute Gasteiger partial charge is 0.115 e. The van der Waals surface area contributed by atoms with Crippen molar-refractivity contribution in [2.45, 2.75) is 57.8 Å². The molecule has 0 radical (unpaired) electrons. The topological polar surface area (TPSA) is 172 Å². The zero-order valence-electron chi connectivity index (χ0n) is 39.0. The molecule has 6 N–H and O–H groups in total. The number of rotatable bonds is 0. The fourth-order valence-corrected chi connectivity index (χ4v) is 9.95. The van der Waals surface area contributed by atoms with Gasteiger partial charge in [-0.3, -0.25) is 0 Å². The number of benzene rings is 3. The van der Waals surface area contributed by atoms with Gasteiger partial charge < -0.3 is 29.9 Å². The maximum Gasteiger partial charge on any atom is 0.115 e. The number of nitrogens with one attached hydrogen (secondary N) is 6. The summed E-state index contributed by atoms with van der Waals surface area (Å²) < 4.78 is 0. The van der Waals surface area contributed by atoms with E-state index in [1.807, 2.05) is 72.8 Å². The van der Waals surface area contributed by atoms with Gasteiger partial charge in [0, 0.05) is 50.4 Å². The quantitative estimate of drug-likeness (QED) is 0.0884. The molecule has 336 valence electrons. The Bertz CT molecular complexity index is 3320. The van der Waals surface area contributed by atoms with Gasteiger partial charge in [-0.2, -0.15) is 0 Å². The van der Waals surface area contributed by atoms with Gasteiger partial charge in [0.2, 0.25) is 0 Å². The Morgan fingerprint density at radius 3 is 0.551 bits per heavy atom. The van der Waals surface area contributed by atoms with Crippen LogP contribution in [0.1, 0.15) is 75.7 Å². The molecule has 0 atom stereocenters. The largest absolute Gasteiger partial charge is 0.356 e. The van der Waals surface area contributed by atoms with E-state index in [2.05, 4.69) is 144 Å². The third-order valence-corrected chi connectivity index (χ3v) is 14.4. The van der Waals surface area contributed by atoms with E-state index in [1.165, 1.54) is 0 Å². The first-order chi connectivity index (χ1) is 33.4. The van der Waals surface area contributed by atoms with E-state index in [0.717, 1.165) is 136 Å². The molecule has 12 heteroatoms. The Morgan fingerprint density at radius 1 is 0.232 bits per heavy atom. The molecule has 12 nitrogen and oxygen atoms in total. The van der Waals surface area contributed by atoms with Crippen LogP contribution in [0.3, 0.4) is 0 Å². The van der Waals surface area contributed by atoms with Gasteiger partial charge in [-0.15, -0.1) is 0 Å². The van der Waals surface area contributed by atoms with Crippen LogP contribution in [0.25, 0.3) is 101 Å². The molecule has 0 saturated heterocycles. The van der Waals surface area contributed by atoms with Gasteiger partial charge >= 0.3 is 0 Å². The molecule has 1 aliphatic rings. The summed E-state index contributed by atoms with van der Waals surface area (Å²) in [6.07, 6.45) is 0. The lowest BCUT2D eigenvalue weighted by atomic mass is 9.86. The molecule has 0 amide bonds. The van der Waals surface area contributed by atoms with Crippen LogP contribution in [-0.2, 0) is 16.2 Å². The summed E-state index contributed by atoms with van der Waals surface area (Å²) in [4.78, 5) is 54.3. The van der Waals surface area contributed by atoms with Crippen molar-refractivity contribution >= 4 is 33.1 Å². The SMILES string of the molecule is CC1(C)c2ccc([nH]2)-c2nc3ccccc3nc2-c2ccc([nH]2)C(C)(C)c2ccc([nH]2)-c2nc3ccccc3nc2-c2ccc([nH]2)C(C)(C)c2ccc([nH]2)-c2nc3ccccc3nc2-c2ccc1[nH]2. The molecule has 12 bridgehead atoms. The minimum atomic E-state index is -0.469. The van der Waals surface area contributed by atoms with Gasteiger partial charge in [0.25, 0.3) is 0 Å². The van der Waals surface area contributed by atoms with E-state index in [9.17, 15) is 0 Å². The first-order valence-electron chi connectivity index (χ1n) is 23.4. The molecule has 10 heterocycles. The maximum atomic E-state index is 5.27. The molecular weight excluding hydrogens is 853 g/mol. The van der Waals surface area contributed by atoms with Crippen LogP contribution in [0, 0.1) is 0 Å². The van der Waals surface area contributed by atoms with Crippen LogP contribution < -0.4 is 0 Å². The number of H-pyrrole nitrogens is 6. The molecule has 13 rings (SSSR count). The maximum absolute atomic E-state index is 5.27. The van der Waals surface area contributed by atoms with Crippen molar-refractivity contribution in [1.82, 2.24) is 59.8 Å². The zero-order valence-corrected chi connectivity index (χ0v) is 39.0. The third kappa shape index (κ3) is 6.42. The van der Waals surface area contributed by atoms with Crippen molar-refractivity contribution < 1.29 is 0 Å². The van der Waals surface area contributed by atoms with Crippen LogP contribution in [0.15, 0.2) is 146 Å². The molecule has 0 fully saturated rings. The zero-order chi connectivity index (χ0) is 46.8. The van der Waals surface area contributed by atoms with E-state index in [1.54, 1.807) is 0 Å². The molecule has 0 saturated carbocycles. The Hall–Kier alpha value is -8.64. The van der Waals surface area contributed by atoms with Crippen molar-refractivity contribution in [2.24, 2.45) is 0 Å². The summed E-state index contributed by atoms with van der Waals surface area (Å²) in [7, 11) is 0. The second-order valence-electron chi connectivity index (χ2n) is 19.8. The number of nitrogens with zero attached hydrogens (tertiary/aromatic N) is 6. The van der Waals surface area contributed by atoms with Gasteiger partial charge in [-0.25, -0.2) is 29.9 Å². The molecular formula is C57H48N12. The monoisotopic (exact) mass is 900 g/mol. The van der Waals surface area contributed by atoms with Crippen molar-refractivity contribution in [3.05, 3.63) is 180 Å². The van der Waals surface area contributed by atoms with E-state index < -0.39 is 16.2 Å². The van der Waals surface area contributed by atoms with Gasteiger partial charge in [-0.05, 0) is 151 Å². The summed E-state index contributed by atoms with van der Waals surface area (Å²) in [6.45, 7) is 13.3. The predicted octanol–water partition coefficient (Wildman–Crippen LogP) is 12.8. The van der Waals surface area contributed by atoms with Gasteiger partial charge in [0.1, 0.15) is 34.2 Å². The lowest BCUT2D eigenvalue weighted by Gasteiger charge is -2.23. The summed E-state index contributed by atoms with van der Waals surface area (Å²) in [6, 6.07) is 49.7. The molecule has 0 spiro atoms. The highest BCUT2D eigenvalue weighted by Gasteiger charge is 2.33. The Labute approximate surface area is 397 Å². The third-order valence-electron chi connectivity index (χ3n) is 14.4. The van der Waals surface area contributed by atoms with Crippen molar-refractivity contribution in [3.8, 4) is 68.3 Å². The van der Waals surface area contributed by atoms with Crippen molar-refractivity contribution in [1.29, 1.82) is 0 Å². The lowest BCUT2D eigenvalue weighted by Crippen LogP contribution is -2.20. The van der Waals surface area contributed by atoms with Crippen LogP contribution in [0.4, 0.5) is 0 Å². The molecule has 12 aromatic rings. The van der Waals surface area contributed by atoms with Crippen molar-refractivity contribution in [3.63, 3.8) is 0 Å². The minimum absolute atomic E-state index is 0.469. The molecule has 0 unspecified atom stereocenters. The lowest BCUT2D eigenvalue weighted by molar-refractivity contribution is 0.604. The predicted molar refractivity (Wildman–Crippen MR) is 274 cm³/mol. The normalized spacial score (nSPS) is 14.9. The molecule has 9 aromatic heterocycles. The van der Waals surface area contributed by atoms with Crippen LogP contribution >= 0.6 is 0 Å². The molecule has 3 aromatic carbocycles. The van der Waals surface area contributed by atoms with E-state index in [-0.39, 0.29) is 0 Å². The summed E-state index contributed by atoms with van der Waals surface area (Å²) in [5, 5.41) is 0. The van der Waals surface area contributed by atoms with E-state index in [0.29, 0.717) is 0 Å². The van der Waals surface area contributed by atoms with Gasteiger partial charge in [0.15, 0.2) is 0 Å². The minimum Gasteiger partial charge on any atom is -0.356 e. The first-order valence-corrected chi connectivity index (χ1v) is 23.4. The number of fused-ring (bicyclic) bond motifs is 24. The van der Waals surface area contributed by atoms with E-state index >= 15 is 0 Å². The molecule has 0 aliphatic carbocycles. The highest BCUT2D eigenvalue weighted by molar-refractivity contribution is 5.87. The second kappa shape index (κ2) is 14.7. The Morgan fingerprint density at radius 2 is 0.391 bits per heavy atom. The fraction of sp³-hybridized carbons (Fsp3) is 0.158. The average molecular weight is 901 g/mol. The Kier molecular flexibility index (Phi) is 8.64. The summed E-state index contributed by atoms with van der Waals surface area (Å²) >= 11 is 0. The van der Waals surface area contributed by atoms with Crippen LogP contribution in [0.2, 0.25) is 0 Å². The highest BCUT2D eigenvalue weighted by atomic mass is 14.9.